The minimum Gasteiger partial charge on any atom is -0.491 e. The number of fused-ring (bicyclic) bond motifs is 3. The van der Waals surface area contributed by atoms with Gasteiger partial charge in [-0.25, -0.2) is 0 Å². The third-order valence-corrected chi connectivity index (χ3v) is 5.52. The SMILES string of the molecule is C=C(/C=C\C(=N/N)c1ccc2[nH]ccc2c1)O[C@H]1CCN2CCC[C@@H]1C2. The Balaban J connectivity index is 1.41. The van der Waals surface area contributed by atoms with E-state index in [0.717, 1.165) is 36.0 Å². The Morgan fingerprint density at radius 2 is 2.19 bits per heavy atom. The predicted octanol–water partition coefficient (Wildman–Crippen LogP) is 3.40. The fraction of sp³-hybridized carbons (Fsp3) is 0.381. The van der Waals surface area contributed by atoms with Crippen molar-refractivity contribution in [3.63, 3.8) is 0 Å². The molecule has 3 heterocycles. The van der Waals surface area contributed by atoms with E-state index < -0.39 is 0 Å². The minimum atomic E-state index is 0.276. The number of aromatic nitrogens is 1. The molecular formula is C21H26N4O. The Morgan fingerprint density at radius 1 is 1.27 bits per heavy atom. The van der Waals surface area contributed by atoms with Crippen LogP contribution in [-0.2, 0) is 4.74 Å². The number of aromatic amines is 1. The van der Waals surface area contributed by atoms with E-state index in [2.05, 4.69) is 27.6 Å². The van der Waals surface area contributed by atoms with Crippen molar-refractivity contribution in [1.82, 2.24) is 9.88 Å². The summed E-state index contributed by atoms with van der Waals surface area (Å²) in [6.07, 6.45) is 9.57. The van der Waals surface area contributed by atoms with Gasteiger partial charge in [0.05, 0.1) is 5.71 Å². The molecule has 2 aromatic rings. The molecule has 2 saturated heterocycles. The van der Waals surface area contributed by atoms with Crippen molar-refractivity contribution < 1.29 is 4.74 Å². The molecule has 0 aliphatic carbocycles. The van der Waals surface area contributed by atoms with Crippen LogP contribution in [0.2, 0.25) is 0 Å². The fourth-order valence-electron chi connectivity index (χ4n) is 4.13. The third kappa shape index (κ3) is 3.53. The number of allylic oxidation sites excluding steroid dienone is 2. The van der Waals surface area contributed by atoms with Gasteiger partial charge in [0.25, 0.3) is 0 Å². The lowest BCUT2D eigenvalue weighted by Gasteiger charge is -2.42. The van der Waals surface area contributed by atoms with E-state index in [-0.39, 0.29) is 6.10 Å². The summed E-state index contributed by atoms with van der Waals surface area (Å²) in [6, 6.07) is 8.15. The van der Waals surface area contributed by atoms with Gasteiger partial charge in [-0.3, -0.25) is 0 Å². The molecule has 1 aromatic heterocycles. The maximum absolute atomic E-state index is 6.16. The smallest absolute Gasteiger partial charge is 0.112 e. The van der Waals surface area contributed by atoms with Crippen LogP contribution in [0.1, 0.15) is 24.8 Å². The Morgan fingerprint density at radius 3 is 3.08 bits per heavy atom. The molecule has 3 N–H and O–H groups in total. The zero-order valence-electron chi connectivity index (χ0n) is 15.0. The van der Waals surface area contributed by atoms with Crippen molar-refractivity contribution in [3.8, 4) is 0 Å². The van der Waals surface area contributed by atoms with E-state index >= 15 is 0 Å². The molecule has 2 bridgehead atoms. The standard InChI is InChI=1S/C21H26N4O/c1-15(26-21-9-12-25-11-2-3-18(21)14-25)4-6-20(24-22)16-5-7-19-17(13-16)8-10-23-19/h4-8,10,13,18,21,23H,1-3,9,11-12,14,22H2/b6-4-,24-20+/t18-,21+/m1/s1. The molecular weight excluding hydrogens is 324 g/mol. The Hall–Kier alpha value is -2.53. The zero-order chi connectivity index (χ0) is 17.9. The van der Waals surface area contributed by atoms with Gasteiger partial charge in [0, 0.05) is 41.7 Å². The van der Waals surface area contributed by atoms with Gasteiger partial charge >= 0.3 is 0 Å². The monoisotopic (exact) mass is 350 g/mol. The van der Waals surface area contributed by atoms with Gasteiger partial charge in [-0.2, -0.15) is 5.10 Å². The van der Waals surface area contributed by atoms with Crippen LogP contribution < -0.4 is 5.84 Å². The highest BCUT2D eigenvalue weighted by Gasteiger charge is 2.33. The number of benzene rings is 1. The van der Waals surface area contributed by atoms with Crippen LogP contribution in [0.3, 0.4) is 0 Å². The number of ether oxygens (including phenoxy) is 1. The summed E-state index contributed by atoms with van der Waals surface area (Å²) < 4.78 is 6.16. The molecule has 136 valence electrons. The van der Waals surface area contributed by atoms with Crippen LogP contribution in [0.25, 0.3) is 10.9 Å². The lowest BCUT2D eigenvalue weighted by atomic mass is 9.87. The van der Waals surface area contributed by atoms with Gasteiger partial charge in [0.15, 0.2) is 0 Å². The van der Waals surface area contributed by atoms with Crippen molar-refractivity contribution in [2.24, 2.45) is 16.9 Å². The number of rotatable bonds is 5. The molecule has 3 atom stereocenters. The minimum absolute atomic E-state index is 0.276. The van der Waals surface area contributed by atoms with Gasteiger partial charge in [0.1, 0.15) is 11.9 Å². The second-order valence-electron chi connectivity index (χ2n) is 7.24. The molecule has 1 unspecified atom stereocenters. The highest BCUT2D eigenvalue weighted by molar-refractivity contribution is 6.10. The van der Waals surface area contributed by atoms with Gasteiger partial charge in [-0.15, -0.1) is 0 Å². The number of nitrogens with zero attached hydrogens (tertiary/aromatic N) is 2. The number of piperidine rings is 2. The molecule has 4 rings (SSSR count). The average Bonchev–Trinajstić information content (AvgIpc) is 3.13. The second kappa shape index (κ2) is 7.38. The predicted molar refractivity (Wildman–Crippen MR) is 106 cm³/mol. The molecule has 0 amide bonds. The molecule has 0 spiro atoms. The number of hydrogen-bond acceptors (Lipinski definition) is 4. The van der Waals surface area contributed by atoms with Crippen LogP contribution >= 0.6 is 0 Å². The van der Waals surface area contributed by atoms with Crippen LogP contribution in [0.4, 0.5) is 0 Å². The number of hydrogen-bond donors (Lipinski definition) is 2. The number of H-pyrrole nitrogens is 1. The molecule has 0 saturated carbocycles. The molecule has 2 aliphatic rings. The summed E-state index contributed by atoms with van der Waals surface area (Å²) >= 11 is 0. The highest BCUT2D eigenvalue weighted by Crippen LogP contribution is 2.29. The Labute approximate surface area is 154 Å². The van der Waals surface area contributed by atoms with Crippen LogP contribution in [0.15, 0.2) is 60.1 Å². The lowest BCUT2D eigenvalue weighted by molar-refractivity contribution is -0.0164. The average molecular weight is 350 g/mol. The first kappa shape index (κ1) is 16.9. The van der Waals surface area contributed by atoms with Gasteiger partial charge in [-0.05, 0) is 56.2 Å². The van der Waals surface area contributed by atoms with E-state index in [1.165, 1.54) is 19.4 Å². The third-order valence-electron chi connectivity index (χ3n) is 5.52. The maximum atomic E-state index is 6.16. The molecule has 5 heteroatoms. The molecule has 0 radical (unpaired) electrons. The van der Waals surface area contributed by atoms with Crippen LogP contribution in [0, 0.1) is 5.92 Å². The quantitative estimate of drug-likeness (QED) is 0.285. The normalized spacial score (nSPS) is 26.3. The summed E-state index contributed by atoms with van der Waals surface area (Å²) in [7, 11) is 0. The molecule has 1 aromatic carbocycles. The Kier molecular flexibility index (Phi) is 4.80. The maximum Gasteiger partial charge on any atom is 0.112 e. The van der Waals surface area contributed by atoms with E-state index in [0.29, 0.717) is 17.4 Å². The van der Waals surface area contributed by atoms with Crippen molar-refractivity contribution in [3.05, 3.63) is 60.5 Å². The van der Waals surface area contributed by atoms with E-state index in [1.54, 1.807) is 0 Å². The van der Waals surface area contributed by atoms with Gasteiger partial charge in [0.2, 0.25) is 0 Å². The Bertz CT molecular complexity index is 851. The van der Waals surface area contributed by atoms with Crippen molar-refractivity contribution in [1.29, 1.82) is 0 Å². The number of nitrogens with one attached hydrogen (secondary N) is 1. The molecule has 2 fully saturated rings. The second-order valence-corrected chi connectivity index (χ2v) is 7.24. The van der Waals surface area contributed by atoms with Gasteiger partial charge in [-0.1, -0.05) is 12.6 Å². The first-order chi connectivity index (χ1) is 12.7. The highest BCUT2D eigenvalue weighted by atomic mass is 16.5. The molecule has 26 heavy (non-hydrogen) atoms. The van der Waals surface area contributed by atoms with Crippen LogP contribution in [-0.4, -0.2) is 41.3 Å². The van der Waals surface area contributed by atoms with E-state index in [4.69, 9.17) is 10.6 Å². The van der Waals surface area contributed by atoms with E-state index in [9.17, 15) is 0 Å². The zero-order valence-corrected chi connectivity index (χ0v) is 15.0. The van der Waals surface area contributed by atoms with Crippen LogP contribution in [0.5, 0.6) is 0 Å². The lowest BCUT2D eigenvalue weighted by Crippen LogP contribution is -2.47. The summed E-state index contributed by atoms with van der Waals surface area (Å²) in [5, 5.41) is 5.07. The first-order valence-electron chi connectivity index (χ1n) is 9.34. The molecule has 5 nitrogen and oxygen atoms in total. The fourth-order valence-corrected chi connectivity index (χ4v) is 4.13. The van der Waals surface area contributed by atoms with Crippen molar-refractivity contribution >= 4 is 16.6 Å². The number of hydrazone groups is 1. The first-order valence-corrected chi connectivity index (χ1v) is 9.34. The topological polar surface area (TPSA) is 66.6 Å². The van der Waals surface area contributed by atoms with Crippen molar-refractivity contribution in [2.45, 2.75) is 25.4 Å². The van der Waals surface area contributed by atoms with E-state index in [1.807, 2.05) is 36.5 Å². The van der Waals surface area contributed by atoms with Gasteiger partial charge < -0.3 is 20.5 Å². The molecule has 2 aliphatic heterocycles. The summed E-state index contributed by atoms with van der Waals surface area (Å²) in [5.41, 5.74) is 2.79. The summed E-state index contributed by atoms with van der Waals surface area (Å²) in [6.45, 7) is 7.60. The largest absolute Gasteiger partial charge is 0.491 e. The van der Waals surface area contributed by atoms with Crippen molar-refractivity contribution in [2.75, 3.05) is 19.6 Å². The summed E-state index contributed by atoms with van der Waals surface area (Å²) in [5.74, 6) is 6.92. The number of nitrogens with two attached hydrogens (primary N) is 1. The summed E-state index contributed by atoms with van der Waals surface area (Å²) in [4.78, 5) is 5.73.